The van der Waals surface area contributed by atoms with Crippen molar-refractivity contribution in [1.29, 1.82) is 0 Å². The first-order valence-electron chi connectivity index (χ1n) is 10.1. The van der Waals surface area contributed by atoms with Gasteiger partial charge in [0.05, 0.1) is 11.9 Å². The van der Waals surface area contributed by atoms with Gasteiger partial charge in [-0.25, -0.2) is 8.42 Å². The van der Waals surface area contributed by atoms with Crippen LogP contribution >= 0.6 is 34.8 Å². The van der Waals surface area contributed by atoms with Gasteiger partial charge >= 0.3 is 0 Å². The van der Waals surface area contributed by atoms with Crippen molar-refractivity contribution >= 4 is 62.3 Å². The first-order chi connectivity index (χ1) is 15.3. The number of benzene rings is 2. The quantitative estimate of drug-likeness (QED) is 0.520. The van der Waals surface area contributed by atoms with E-state index in [1.165, 1.54) is 17.0 Å². The highest BCUT2D eigenvalue weighted by molar-refractivity contribution is 7.92. The van der Waals surface area contributed by atoms with Crippen LogP contribution in [0.4, 0.5) is 5.69 Å². The van der Waals surface area contributed by atoms with Gasteiger partial charge in [0.15, 0.2) is 0 Å². The van der Waals surface area contributed by atoms with E-state index in [4.69, 9.17) is 34.8 Å². The molecule has 1 N–H and O–H groups in total. The maximum Gasteiger partial charge on any atom is 0.244 e. The molecule has 1 atom stereocenters. The van der Waals surface area contributed by atoms with E-state index in [1.54, 1.807) is 45.0 Å². The Bertz CT molecular complexity index is 1140. The fourth-order valence-corrected chi connectivity index (χ4v) is 4.72. The average molecular weight is 535 g/mol. The Morgan fingerprint density at radius 2 is 1.67 bits per heavy atom. The van der Waals surface area contributed by atoms with Gasteiger partial charge in [-0.05, 0) is 56.2 Å². The number of amides is 2. The SMILES string of the molecule is CCNC(=O)[C@@H](C)N(Cc1ccc(Cl)cc1Cl)C(=O)CN(c1cc(Cl)ccc1C)S(C)(=O)=O. The smallest absolute Gasteiger partial charge is 0.244 e. The predicted molar refractivity (Wildman–Crippen MR) is 134 cm³/mol. The molecule has 0 radical (unpaired) electrons. The molecule has 0 bridgehead atoms. The largest absolute Gasteiger partial charge is 0.355 e. The second kappa shape index (κ2) is 11.4. The van der Waals surface area contributed by atoms with Crippen molar-refractivity contribution in [2.45, 2.75) is 33.4 Å². The monoisotopic (exact) mass is 533 g/mol. The summed E-state index contributed by atoms with van der Waals surface area (Å²) in [4.78, 5) is 27.3. The lowest BCUT2D eigenvalue weighted by Gasteiger charge is -2.32. The first-order valence-corrected chi connectivity index (χ1v) is 13.1. The molecule has 0 aromatic heterocycles. The highest BCUT2D eigenvalue weighted by Gasteiger charge is 2.30. The van der Waals surface area contributed by atoms with Crippen LogP contribution in [0, 0.1) is 6.92 Å². The summed E-state index contributed by atoms with van der Waals surface area (Å²) in [6.45, 7) is 4.90. The molecule has 2 amide bonds. The molecule has 0 aliphatic rings. The molecule has 0 fully saturated rings. The number of aryl methyl sites for hydroxylation is 1. The third-order valence-corrected chi connectivity index (χ3v) is 6.94. The second-order valence-electron chi connectivity index (χ2n) is 7.53. The summed E-state index contributed by atoms with van der Waals surface area (Å²) in [7, 11) is -3.85. The van der Waals surface area contributed by atoms with Gasteiger partial charge in [-0.1, -0.05) is 46.9 Å². The normalized spacial score (nSPS) is 12.2. The molecular formula is C22H26Cl3N3O4S. The Hall–Kier alpha value is -2.00. The van der Waals surface area contributed by atoms with Gasteiger partial charge in [0.25, 0.3) is 0 Å². The molecule has 0 unspecified atom stereocenters. The summed E-state index contributed by atoms with van der Waals surface area (Å²) in [6, 6.07) is 8.73. The van der Waals surface area contributed by atoms with Crippen LogP contribution in [0.2, 0.25) is 15.1 Å². The van der Waals surface area contributed by atoms with Crippen molar-refractivity contribution in [3.63, 3.8) is 0 Å². The van der Waals surface area contributed by atoms with E-state index in [-0.39, 0.29) is 18.1 Å². The van der Waals surface area contributed by atoms with Crippen LogP contribution in [-0.2, 0) is 26.2 Å². The summed E-state index contributed by atoms with van der Waals surface area (Å²) in [6.07, 6.45) is 1.01. The Morgan fingerprint density at radius 3 is 2.24 bits per heavy atom. The van der Waals surface area contributed by atoms with Crippen LogP contribution in [0.15, 0.2) is 36.4 Å². The van der Waals surface area contributed by atoms with Crippen molar-refractivity contribution in [3.05, 3.63) is 62.6 Å². The van der Waals surface area contributed by atoms with Crippen LogP contribution in [0.3, 0.4) is 0 Å². The van der Waals surface area contributed by atoms with Crippen LogP contribution in [0.5, 0.6) is 0 Å². The number of carbonyl (C=O) groups excluding carboxylic acids is 2. The lowest BCUT2D eigenvalue weighted by molar-refractivity contribution is -0.139. The highest BCUT2D eigenvalue weighted by Crippen LogP contribution is 2.27. The summed E-state index contributed by atoms with van der Waals surface area (Å²) >= 11 is 18.3. The molecule has 0 saturated heterocycles. The number of carbonyl (C=O) groups is 2. The molecule has 11 heteroatoms. The van der Waals surface area contributed by atoms with Gasteiger partial charge in [0, 0.05) is 28.2 Å². The maximum absolute atomic E-state index is 13.4. The molecule has 2 rings (SSSR count). The number of anilines is 1. The summed E-state index contributed by atoms with van der Waals surface area (Å²) in [5.74, 6) is -0.953. The predicted octanol–water partition coefficient (Wildman–Crippen LogP) is 4.27. The van der Waals surface area contributed by atoms with Crippen molar-refractivity contribution in [1.82, 2.24) is 10.2 Å². The van der Waals surface area contributed by atoms with Gasteiger partial charge in [-0.15, -0.1) is 0 Å². The van der Waals surface area contributed by atoms with E-state index in [0.717, 1.165) is 10.6 Å². The zero-order chi connectivity index (χ0) is 24.9. The molecule has 0 saturated carbocycles. The van der Waals surface area contributed by atoms with Crippen LogP contribution < -0.4 is 9.62 Å². The number of hydrogen-bond donors (Lipinski definition) is 1. The fraction of sp³-hybridized carbons (Fsp3) is 0.364. The molecule has 7 nitrogen and oxygen atoms in total. The van der Waals surface area contributed by atoms with Gasteiger partial charge in [0.2, 0.25) is 21.8 Å². The van der Waals surface area contributed by atoms with Crippen LogP contribution in [0.1, 0.15) is 25.0 Å². The minimum Gasteiger partial charge on any atom is -0.355 e. The van der Waals surface area contributed by atoms with E-state index in [9.17, 15) is 18.0 Å². The molecule has 0 aliphatic carbocycles. The topological polar surface area (TPSA) is 86.8 Å². The van der Waals surface area contributed by atoms with Gasteiger partial charge in [-0.2, -0.15) is 0 Å². The van der Waals surface area contributed by atoms with E-state index >= 15 is 0 Å². The van der Waals surface area contributed by atoms with Gasteiger partial charge < -0.3 is 10.2 Å². The molecule has 0 aliphatic heterocycles. The van der Waals surface area contributed by atoms with Crippen molar-refractivity contribution < 1.29 is 18.0 Å². The van der Waals surface area contributed by atoms with E-state index in [2.05, 4.69) is 5.32 Å². The van der Waals surface area contributed by atoms with Crippen LogP contribution in [0.25, 0.3) is 0 Å². The number of sulfonamides is 1. The van der Waals surface area contributed by atoms with Gasteiger partial charge in [-0.3, -0.25) is 13.9 Å². The summed E-state index contributed by atoms with van der Waals surface area (Å²) in [5.41, 5.74) is 1.48. The van der Waals surface area contributed by atoms with Crippen molar-refractivity contribution in [2.75, 3.05) is 23.7 Å². The third-order valence-electron chi connectivity index (χ3n) is 4.99. The molecular weight excluding hydrogens is 509 g/mol. The number of likely N-dealkylation sites (N-methyl/N-ethyl adjacent to an activating group) is 1. The Kier molecular flexibility index (Phi) is 9.43. The lowest BCUT2D eigenvalue weighted by Crippen LogP contribution is -2.51. The van der Waals surface area contributed by atoms with E-state index in [0.29, 0.717) is 32.7 Å². The zero-order valence-electron chi connectivity index (χ0n) is 18.7. The molecule has 180 valence electrons. The zero-order valence-corrected chi connectivity index (χ0v) is 21.8. The number of hydrogen-bond acceptors (Lipinski definition) is 4. The minimum absolute atomic E-state index is 0.0146. The number of rotatable bonds is 9. The number of nitrogens with one attached hydrogen (secondary N) is 1. The molecule has 2 aromatic rings. The van der Waals surface area contributed by atoms with E-state index < -0.39 is 28.5 Å². The van der Waals surface area contributed by atoms with Crippen LogP contribution in [-0.4, -0.2) is 50.5 Å². The van der Waals surface area contributed by atoms with Crippen molar-refractivity contribution in [3.8, 4) is 0 Å². The Morgan fingerprint density at radius 1 is 1.06 bits per heavy atom. The fourth-order valence-electron chi connectivity index (χ4n) is 3.18. The molecule has 2 aromatic carbocycles. The standard InChI is InChI=1S/C22H26Cl3N3O4S/c1-5-26-22(30)15(3)27(12-16-7-9-17(23)10-19(16)25)21(29)13-28(33(4,31)32)20-11-18(24)8-6-14(20)2/h6-11,15H,5,12-13H2,1-4H3,(H,26,30)/t15-/m1/s1. The number of nitrogens with zero attached hydrogens (tertiary/aromatic N) is 2. The minimum atomic E-state index is -3.85. The lowest BCUT2D eigenvalue weighted by atomic mass is 10.1. The van der Waals surface area contributed by atoms with Gasteiger partial charge in [0.1, 0.15) is 12.6 Å². The highest BCUT2D eigenvalue weighted by atomic mass is 35.5. The second-order valence-corrected chi connectivity index (χ2v) is 10.7. The molecule has 0 spiro atoms. The van der Waals surface area contributed by atoms with Crippen molar-refractivity contribution in [2.24, 2.45) is 0 Å². The third kappa shape index (κ3) is 7.24. The Labute approximate surface area is 209 Å². The summed E-state index contributed by atoms with van der Waals surface area (Å²) in [5, 5.41) is 3.77. The average Bonchev–Trinajstić information content (AvgIpc) is 2.72. The maximum atomic E-state index is 13.4. The number of halogens is 3. The first kappa shape index (κ1) is 27.2. The molecule has 33 heavy (non-hydrogen) atoms. The molecule has 0 heterocycles. The summed E-state index contributed by atoms with van der Waals surface area (Å²) < 4.78 is 26.2. The van der Waals surface area contributed by atoms with E-state index in [1.807, 2.05) is 0 Å². The Balaban J connectivity index is 2.46.